The number of anilines is 2. The first kappa shape index (κ1) is 19.0. The topological polar surface area (TPSA) is 80.0 Å². The molecule has 2 heterocycles. The minimum absolute atomic E-state index is 0.000408. The fraction of sp³-hybridized carbons (Fsp3) is 0.250. The molecule has 1 aliphatic rings. The van der Waals surface area contributed by atoms with Crippen LogP contribution in [0, 0.1) is 0 Å². The van der Waals surface area contributed by atoms with Crippen LogP contribution in [0.1, 0.15) is 36.4 Å². The first-order valence-electron chi connectivity index (χ1n) is 9.00. The monoisotopic (exact) mass is 402 g/mol. The fourth-order valence-electron chi connectivity index (χ4n) is 3.15. The Balaban J connectivity index is 1.51. The second kappa shape index (κ2) is 7.23. The number of hydrogen-bond acceptors (Lipinski definition) is 5. The number of carbonyl (C=O) groups excluding carboxylic acids is 1. The Hall–Kier alpha value is -3.36. The smallest absolute Gasteiger partial charge is 0.374 e. The maximum absolute atomic E-state index is 12.9. The van der Waals surface area contributed by atoms with Crippen molar-refractivity contribution < 1.29 is 22.5 Å². The highest BCUT2D eigenvalue weighted by molar-refractivity contribution is 5.94. The van der Waals surface area contributed by atoms with E-state index in [0.717, 1.165) is 29.1 Å². The number of rotatable bonds is 4. The van der Waals surface area contributed by atoms with Gasteiger partial charge in [0.2, 0.25) is 17.6 Å². The van der Waals surface area contributed by atoms with Crippen molar-refractivity contribution >= 4 is 17.3 Å². The number of aromatic nitrogens is 2. The van der Waals surface area contributed by atoms with E-state index in [0.29, 0.717) is 12.8 Å². The zero-order chi connectivity index (χ0) is 20.6. The van der Waals surface area contributed by atoms with Gasteiger partial charge in [0.1, 0.15) is 6.04 Å². The molecule has 1 atom stereocenters. The third kappa shape index (κ3) is 4.08. The molecule has 0 fully saturated rings. The fourth-order valence-corrected chi connectivity index (χ4v) is 3.15. The standard InChI is InChI=1S/C20H17F3N4O2/c1-11(24-15-6-7-16-12(10-15)5-8-17(28)25-16)19-26-18(27-29-19)13-3-2-4-14(9-13)20(21,22)23/h2-4,6-7,9-11,24H,5,8H2,1H3,(H,25,28). The Labute approximate surface area is 164 Å². The molecule has 3 aromatic rings. The van der Waals surface area contributed by atoms with Crippen molar-refractivity contribution in [3.63, 3.8) is 0 Å². The molecule has 0 spiro atoms. The summed E-state index contributed by atoms with van der Waals surface area (Å²) >= 11 is 0. The number of aryl methyl sites for hydroxylation is 1. The van der Waals surface area contributed by atoms with Crippen LogP contribution >= 0.6 is 0 Å². The summed E-state index contributed by atoms with van der Waals surface area (Å²) in [4.78, 5) is 15.7. The maximum atomic E-state index is 12.9. The molecule has 4 rings (SSSR count). The summed E-state index contributed by atoms with van der Waals surface area (Å²) in [6, 6.07) is 10.0. The van der Waals surface area contributed by atoms with Gasteiger partial charge in [-0.05, 0) is 49.2 Å². The van der Waals surface area contributed by atoms with Crippen molar-refractivity contribution in [1.82, 2.24) is 10.1 Å². The van der Waals surface area contributed by atoms with Crippen LogP contribution in [0.4, 0.5) is 24.5 Å². The van der Waals surface area contributed by atoms with E-state index < -0.39 is 11.7 Å². The number of halogens is 3. The van der Waals surface area contributed by atoms with Gasteiger partial charge in [-0.3, -0.25) is 4.79 Å². The molecule has 1 unspecified atom stereocenters. The Bertz CT molecular complexity index is 1060. The van der Waals surface area contributed by atoms with Crippen molar-refractivity contribution in [1.29, 1.82) is 0 Å². The average Bonchev–Trinajstić information content (AvgIpc) is 3.18. The molecule has 6 nitrogen and oxygen atoms in total. The van der Waals surface area contributed by atoms with Gasteiger partial charge >= 0.3 is 6.18 Å². The van der Waals surface area contributed by atoms with Crippen LogP contribution in [0.25, 0.3) is 11.4 Å². The zero-order valence-corrected chi connectivity index (χ0v) is 15.4. The summed E-state index contributed by atoms with van der Waals surface area (Å²) in [5, 5.41) is 9.86. The van der Waals surface area contributed by atoms with Crippen molar-refractivity contribution in [2.75, 3.05) is 10.6 Å². The summed E-state index contributed by atoms with van der Waals surface area (Å²) in [6.07, 6.45) is -3.34. The number of nitrogens with zero attached hydrogens (tertiary/aromatic N) is 2. The van der Waals surface area contributed by atoms with E-state index in [1.165, 1.54) is 12.1 Å². The molecule has 0 aliphatic carbocycles. The van der Waals surface area contributed by atoms with E-state index in [9.17, 15) is 18.0 Å². The van der Waals surface area contributed by atoms with E-state index >= 15 is 0 Å². The van der Waals surface area contributed by atoms with Crippen LogP contribution in [0.5, 0.6) is 0 Å². The highest BCUT2D eigenvalue weighted by atomic mass is 19.4. The number of alkyl halides is 3. The van der Waals surface area contributed by atoms with Crippen molar-refractivity contribution in [2.24, 2.45) is 0 Å². The highest BCUT2D eigenvalue weighted by Crippen LogP contribution is 2.32. The molecular formula is C20H17F3N4O2. The molecule has 2 aromatic carbocycles. The molecule has 29 heavy (non-hydrogen) atoms. The predicted octanol–water partition coefficient (Wildman–Crippen LogP) is 4.81. The van der Waals surface area contributed by atoms with Gasteiger partial charge in [-0.2, -0.15) is 18.2 Å². The van der Waals surface area contributed by atoms with Gasteiger partial charge in [-0.25, -0.2) is 0 Å². The summed E-state index contributed by atoms with van der Waals surface area (Å²) < 4.78 is 44.0. The van der Waals surface area contributed by atoms with Crippen molar-refractivity contribution in [2.45, 2.75) is 32.0 Å². The Morgan fingerprint density at radius 3 is 2.79 bits per heavy atom. The molecule has 9 heteroatoms. The summed E-state index contributed by atoms with van der Waals surface area (Å²) in [7, 11) is 0. The van der Waals surface area contributed by atoms with Crippen LogP contribution in [0.15, 0.2) is 47.0 Å². The zero-order valence-electron chi connectivity index (χ0n) is 15.4. The average molecular weight is 402 g/mol. The number of benzene rings is 2. The number of carbonyl (C=O) groups is 1. The Kier molecular flexibility index (Phi) is 4.73. The second-order valence-electron chi connectivity index (χ2n) is 6.82. The molecule has 1 aliphatic heterocycles. The quantitative estimate of drug-likeness (QED) is 0.655. The SMILES string of the molecule is CC(Nc1ccc2c(c1)CCC(=O)N2)c1nc(-c2cccc(C(F)(F)F)c2)no1. The largest absolute Gasteiger partial charge is 0.416 e. The van der Waals surface area contributed by atoms with E-state index in [4.69, 9.17) is 4.52 Å². The summed E-state index contributed by atoms with van der Waals surface area (Å²) in [6.45, 7) is 1.81. The third-order valence-electron chi connectivity index (χ3n) is 4.64. The predicted molar refractivity (Wildman–Crippen MR) is 100 cm³/mol. The van der Waals surface area contributed by atoms with E-state index in [2.05, 4.69) is 20.8 Å². The van der Waals surface area contributed by atoms with Crippen LogP contribution in [-0.4, -0.2) is 16.0 Å². The first-order valence-corrected chi connectivity index (χ1v) is 9.00. The Morgan fingerprint density at radius 1 is 1.17 bits per heavy atom. The summed E-state index contributed by atoms with van der Waals surface area (Å²) in [5.74, 6) is 0.343. The lowest BCUT2D eigenvalue weighted by atomic mass is 10.0. The highest BCUT2D eigenvalue weighted by Gasteiger charge is 2.31. The van der Waals surface area contributed by atoms with Gasteiger partial charge in [0.15, 0.2) is 0 Å². The van der Waals surface area contributed by atoms with Crippen LogP contribution < -0.4 is 10.6 Å². The third-order valence-corrected chi connectivity index (χ3v) is 4.64. The first-order chi connectivity index (χ1) is 13.8. The van der Waals surface area contributed by atoms with Gasteiger partial charge in [-0.1, -0.05) is 17.3 Å². The number of amides is 1. The van der Waals surface area contributed by atoms with Crippen molar-refractivity contribution in [3.8, 4) is 11.4 Å². The molecule has 1 aromatic heterocycles. The number of fused-ring (bicyclic) bond motifs is 1. The normalized spacial score (nSPS) is 14.8. The lowest BCUT2D eigenvalue weighted by Crippen LogP contribution is -2.19. The minimum atomic E-state index is -4.44. The molecule has 1 amide bonds. The molecule has 2 N–H and O–H groups in total. The lowest BCUT2D eigenvalue weighted by Gasteiger charge is -2.19. The molecule has 0 saturated carbocycles. The second-order valence-corrected chi connectivity index (χ2v) is 6.82. The molecule has 150 valence electrons. The molecular weight excluding hydrogens is 385 g/mol. The lowest BCUT2D eigenvalue weighted by molar-refractivity contribution is -0.137. The maximum Gasteiger partial charge on any atom is 0.416 e. The molecule has 0 radical (unpaired) electrons. The Morgan fingerprint density at radius 2 is 2.00 bits per heavy atom. The van der Waals surface area contributed by atoms with Crippen LogP contribution in [0.3, 0.4) is 0 Å². The number of nitrogens with one attached hydrogen (secondary N) is 2. The van der Waals surface area contributed by atoms with Gasteiger partial charge in [0.25, 0.3) is 0 Å². The van der Waals surface area contributed by atoms with Crippen LogP contribution in [-0.2, 0) is 17.4 Å². The van der Waals surface area contributed by atoms with Gasteiger partial charge in [-0.15, -0.1) is 0 Å². The van der Waals surface area contributed by atoms with Gasteiger partial charge in [0.05, 0.1) is 5.56 Å². The van der Waals surface area contributed by atoms with E-state index in [-0.39, 0.29) is 29.2 Å². The minimum Gasteiger partial charge on any atom is -0.374 e. The van der Waals surface area contributed by atoms with E-state index in [1.54, 1.807) is 0 Å². The molecule has 0 saturated heterocycles. The molecule has 0 bridgehead atoms. The van der Waals surface area contributed by atoms with E-state index in [1.807, 2.05) is 25.1 Å². The van der Waals surface area contributed by atoms with Crippen molar-refractivity contribution in [3.05, 3.63) is 59.5 Å². The summed E-state index contributed by atoms with van der Waals surface area (Å²) in [5.41, 5.74) is 2.09. The van der Waals surface area contributed by atoms with Gasteiger partial charge in [0, 0.05) is 23.4 Å². The van der Waals surface area contributed by atoms with Gasteiger partial charge < -0.3 is 15.2 Å². The number of hydrogen-bond donors (Lipinski definition) is 2. The van der Waals surface area contributed by atoms with Crippen LogP contribution in [0.2, 0.25) is 0 Å².